The van der Waals surface area contributed by atoms with Crippen molar-refractivity contribution in [2.45, 2.75) is 78.2 Å². The molecule has 0 N–H and O–H groups in total. The van der Waals surface area contributed by atoms with Gasteiger partial charge in [-0.05, 0) is 56.7 Å². The maximum absolute atomic E-state index is 12.0. The van der Waals surface area contributed by atoms with Crippen LogP contribution in [0.2, 0.25) is 0 Å². The van der Waals surface area contributed by atoms with Crippen molar-refractivity contribution >= 4 is 11.9 Å². The largest absolute Gasteiger partial charge is 0.463 e. The van der Waals surface area contributed by atoms with Crippen LogP contribution >= 0.6 is 0 Å². The number of carbonyl (C=O) groups is 2. The summed E-state index contributed by atoms with van der Waals surface area (Å²) >= 11 is 0. The molecule has 0 amide bonds. The highest BCUT2D eigenvalue weighted by molar-refractivity contribution is 5.72. The normalized spacial score (nSPS) is 12.0. The van der Waals surface area contributed by atoms with Crippen molar-refractivity contribution in [2.75, 3.05) is 0 Å². The fourth-order valence-electron chi connectivity index (χ4n) is 3.14. The first kappa shape index (κ1) is 25.3. The third-order valence-corrected chi connectivity index (χ3v) is 5.05. The fraction of sp³-hybridized carbons (Fsp3) is 0.444. The lowest BCUT2D eigenvalue weighted by Crippen LogP contribution is -2.14. The summed E-state index contributed by atoms with van der Waals surface area (Å²) in [6.07, 6.45) is 12.1. The lowest BCUT2D eigenvalue weighted by Gasteiger charge is -2.12. The molecule has 32 heavy (non-hydrogen) atoms. The molecule has 1 unspecified atom stereocenters. The molecule has 0 aliphatic carbocycles. The van der Waals surface area contributed by atoms with Gasteiger partial charge in [0, 0.05) is 18.4 Å². The van der Waals surface area contributed by atoms with Crippen LogP contribution in [0.25, 0.3) is 11.3 Å². The molecule has 1 heterocycles. The van der Waals surface area contributed by atoms with Gasteiger partial charge in [0.15, 0.2) is 0 Å². The molecular weight excluding hydrogens is 402 g/mol. The molecular formula is C27H35NO4. The minimum absolute atomic E-state index is 0.0865. The lowest BCUT2D eigenvalue weighted by atomic mass is 10.0. The Labute approximate surface area is 191 Å². The minimum atomic E-state index is -0.230. The van der Waals surface area contributed by atoms with Crippen LogP contribution < -0.4 is 4.74 Å². The molecule has 0 bridgehead atoms. The highest BCUT2D eigenvalue weighted by Crippen LogP contribution is 2.21. The van der Waals surface area contributed by atoms with Crippen molar-refractivity contribution in [3.05, 3.63) is 60.3 Å². The summed E-state index contributed by atoms with van der Waals surface area (Å²) in [5.74, 6) is 0.0757. The van der Waals surface area contributed by atoms with Crippen LogP contribution in [0.4, 0.5) is 0 Å². The average molecular weight is 438 g/mol. The fourth-order valence-corrected chi connectivity index (χ4v) is 3.14. The third-order valence-electron chi connectivity index (χ3n) is 5.05. The van der Waals surface area contributed by atoms with E-state index in [1.54, 1.807) is 19.2 Å². The number of benzene rings is 1. The maximum Gasteiger partial charge on any atom is 0.311 e. The first-order valence-corrected chi connectivity index (χ1v) is 11.6. The number of hydrogen-bond acceptors (Lipinski definition) is 5. The number of aromatic nitrogens is 1. The number of unbranched alkanes of at least 4 members (excludes halogenated alkanes) is 2. The Kier molecular flexibility index (Phi) is 11.2. The number of carbonyl (C=O) groups excluding carboxylic acids is 2. The summed E-state index contributed by atoms with van der Waals surface area (Å²) in [5.41, 5.74) is 3.00. The summed E-state index contributed by atoms with van der Waals surface area (Å²) in [7, 11) is 0. The summed E-state index contributed by atoms with van der Waals surface area (Å²) in [4.78, 5) is 27.8. The zero-order valence-electron chi connectivity index (χ0n) is 19.5. The van der Waals surface area contributed by atoms with Crippen LogP contribution in [0.3, 0.4) is 0 Å². The van der Waals surface area contributed by atoms with E-state index in [0.717, 1.165) is 49.8 Å². The lowest BCUT2D eigenvalue weighted by molar-refractivity contribution is -0.148. The zero-order valence-corrected chi connectivity index (χ0v) is 19.5. The average Bonchev–Trinajstić information content (AvgIpc) is 2.81. The molecule has 1 atom stereocenters. The second kappa shape index (κ2) is 14.2. The zero-order chi connectivity index (χ0) is 23.2. The molecule has 5 nitrogen and oxygen atoms in total. The van der Waals surface area contributed by atoms with Gasteiger partial charge in [-0.3, -0.25) is 14.6 Å². The maximum atomic E-state index is 12.0. The summed E-state index contributed by atoms with van der Waals surface area (Å²) in [5, 5.41) is 0. The molecule has 1 aromatic carbocycles. The van der Waals surface area contributed by atoms with Gasteiger partial charge in [0.05, 0.1) is 18.0 Å². The molecule has 0 spiro atoms. The van der Waals surface area contributed by atoms with Crippen LogP contribution in [0.5, 0.6) is 5.75 Å². The van der Waals surface area contributed by atoms with Crippen molar-refractivity contribution in [3.8, 4) is 17.0 Å². The van der Waals surface area contributed by atoms with Gasteiger partial charge in [-0.2, -0.15) is 0 Å². The molecule has 0 radical (unpaired) electrons. The van der Waals surface area contributed by atoms with E-state index in [-0.39, 0.29) is 18.0 Å². The van der Waals surface area contributed by atoms with E-state index in [2.05, 4.69) is 36.2 Å². The standard InChI is InChI=1S/C27H35NO4/c1-4-6-7-8-9-10-11-27(30)32-24-18-19-25(28-20-24)23-16-14-22(15-17-23)13-12-21(3)31-26(29)5-2/h7-8,14-21H,4-6,9-13H2,1-3H3. The van der Waals surface area contributed by atoms with Gasteiger partial charge < -0.3 is 9.47 Å². The second-order valence-corrected chi connectivity index (χ2v) is 7.90. The van der Waals surface area contributed by atoms with Gasteiger partial charge in [0.25, 0.3) is 0 Å². The summed E-state index contributed by atoms with van der Waals surface area (Å²) < 4.78 is 10.7. The number of rotatable bonds is 13. The van der Waals surface area contributed by atoms with Gasteiger partial charge in [-0.15, -0.1) is 0 Å². The molecule has 0 saturated carbocycles. The Morgan fingerprint density at radius 3 is 2.41 bits per heavy atom. The van der Waals surface area contributed by atoms with E-state index in [0.29, 0.717) is 18.6 Å². The number of allylic oxidation sites excluding steroid dienone is 2. The van der Waals surface area contributed by atoms with Gasteiger partial charge in [0.1, 0.15) is 5.75 Å². The first-order valence-electron chi connectivity index (χ1n) is 11.6. The van der Waals surface area contributed by atoms with Crippen LogP contribution in [0, 0.1) is 0 Å². The monoisotopic (exact) mass is 437 g/mol. The Bertz CT molecular complexity index is 856. The van der Waals surface area contributed by atoms with E-state index in [4.69, 9.17) is 9.47 Å². The van der Waals surface area contributed by atoms with E-state index in [1.807, 2.05) is 25.1 Å². The second-order valence-electron chi connectivity index (χ2n) is 7.90. The van der Waals surface area contributed by atoms with Crippen LogP contribution in [-0.2, 0) is 20.7 Å². The van der Waals surface area contributed by atoms with E-state index in [1.165, 1.54) is 5.56 Å². The minimum Gasteiger partial charge on any atom is -0.463 e. The molecule has 0 aliphatic heterocycles. The molecule has 5 heteroatoms. The van der Waals surface area contributed by atoms with Gasteiger partial charge in [-0.25, -0.2) is 0 Å². The number of pyridine rings is 1. The third kappa shape index (κ3) is 9.46. The Morgan fingerprint density at radius 2 is 1.75 bits per heavy atom. The predicted octanol–water partition coefficient (Wildman–Crippen LogP) is 6.45. The smallest absolute Gasteiger partial charge is 0.311 e. The summed E-state index contributed by atoms with van der Waals surface area (Å²) in [6.45, 7) is 5.87. The molecule has 2 rings (SSSR count). The van der Waals surface area contributed by atoms with Gasteiger partial charge >= 0.3 is 11.9 Å². The van der Waals surface area contributed by atoms with Crippen LogP contribution in [0.1, 0.15) is 71.3 Å². The molecule has 1 aromatic heterocycles. The quantitative estimate of drug-likeness (QED) is 0.204. The summed E-state index contributed by atoms with van der Waals surface area (Å²) in [6, 6.07) is 11.8. The number of ether oxygens (including phenoxy) is 2. The molecule has 0 aliphatic rings. The van der Waals surface area contributed by atoms with E-state index >= 15 is 0 Å². The van der Waals surface area contributed by atoms with Crippen LogP contribution in [-0.4, -0.2) is 23.0 Å². The number of hydrogen-bond donors (Lipinski definition) is 0. The van der Waals surface area contributed by atoms with Crippen LogP contribution in [0.15, 0.2) is 54.7 Å². The highest BCUT2D eigenvalue weighted by atomic mass is 16.5. The van der Waals surface area contributed by atoms with E-state index in [9.17, 15) is 9.59 Å². The molecule has 2 aromatic rings. The van der Waals surface area contributed by atoms with Crippen molar-refractivity contribution in [1.29, 1.82) is 0 Å². The predicted molar refractivity (Wildman–Crippen MR) is 127 cm³/mol. The highest BCUT2D eigenvalue weighted by Gasteiger charge is 2.09. The van der Waals surface area contributed by atoms with Crippen molar-refractivity contribution < 1.29 is 19.1 Å². The van der Waals surface area contributed by atoms with Gasteiger partial charge in [0.2, 0.25) is 0 Å². The molecule has 172 valence electrons. The Hall–Kier alpha value is -2.95. The van der Waals surface area contributed by atoms with Crippen molar-refractivity contribution in [1.82, 2.24) is 4.98 Å². The number of esters is 2. The Morgan fingerprint density at radius 1 is 1.00 bits per heavy atom. The topological polar surface area (TPSA) is 65.5 Å². The number of nitrogens with zero attached hydrogens (tertiary/aromatic N) is 1. The van der Waals surface area contributed by atoms with Crippen molar-refractivity contribution in [2.24, 2.45) is 0 Å². The molecule has 0 fully saturated rings. The first-order chi connectivity index (χ1) is 15.5. The van der Waals surface area contributed by atoms with Gasteiger partial charge in [-0.1, -0.05) is 56.7 Å². The van der Waals surface area contributed by atoms with Crippen molar-refractivity contribution in [3.63, 3.8) is 0 Å². The van der Waals surface area contributed by atoms with E-state index < -0.39 is 0 Å². The Balaban J connectivity index is 1.79. The number of aryl methyl sites for hydroxylation is 1. The molecule has 0 saturated heterocycles. The SMILES string of the molecule is CCCC=CCCCC(=O)Oc1ccc(-c2ccc(CCC(C)OC(=O)CC)cc2)nc1.